The molecular formula is C18H18N4O3. The van der Waals surface area contributed by atoms with Crippen LogP contribution in [-0.2, 0) is 19.3 Å². The second kappa shape index (κ2) is 6.01. The minimum Gasteiger partial charge on any atom is -0.497 e. The Bertz CT molecular complexity index is 907. The van der Waals surface area contributed by atoms with Crippen LogP contribution >= 0.6 is 0 Å². The van der Waals surface area contributed by atoms with E-state index in [0.29, 0.717) is 25.1 Å². The van der Waals surface area contributed by atoms with Crippen molar-refractivity contribution in [1.82, 2.24) is 19.7 Å². The molecule has 0 bridgehead atoms. The Labute approximate surface area is 144 Å². The van der Waals surface area contributed by atoms with Crippen LogP contribution in [0.5, 0.6) is 17.5 Å². The second-order valence-electron chi connectivity index (χ2n) is 5.93. The Balaban J connectivity index is 1.62. The fraction of sp³-hybridized carbons (Fsp3) is 0.222. The van der Waals surface area contributed by atoms with Crippen LogP contribution in [0.15, 0.2) is 36.4 Å². The molecule has 0 saturated heterocycles. The number of methoxy groups -OCH3 is 1. The zero-order valence-corrected chi connectivity index (χ0v) is 13.7. The van der Waals surface area contributed by atoms with Gasteiger partial charge >= 0.3 is 0 Å². The number of benzene rings is 1. The summed E-state index contributed by atoms with van der Waals surface area (Å²) in [5.74, 6) is 1.65. The second-order valence-corrected chi connectivity index (χ2v) is 5.93. The lowest BCUT2D eigenvalue weighted by Crippen LogP contribution is -1.96. The molecule has 1 aliphatic carbocycles. The molecule has 0 saturated carbocycles. The fourth-order valence-corrected chi connectivity index (χ4v) is 3.06. The quantitative estimate of drug-likeness (QED) is 0.634. The van der Waals surface area contributed by atoms with Crippen molar-refractivity contribution in [3.8, 4) is 23.5 Å². The average molecular weight is 338 g/mol. The van der Waals surface area contributed by atoms with Gasteiger partial charge in [0.15, 0.2) is 0 Å². The van der Waals surface area contributed by atoms with Crippen LogP contribution < -0.4 is 4.74 Å². The van der Waals surface area contributed by atoms with Gasteiger partial charge in [-0.25, -0.2) is 4.57 Å². The predicted octanol–water partition coefficient (Wildman–Crippen LogP) is 2.26. The van der Waals surface area contributed by atoms with Crippen molar-refractivity contribution < 1.29 is 14.9 Å². The van der Waals surface area contributed by atoms with E-state index in [1.165, 1.54) is 4.57 Å². The Morgan fingerprint density at radius 2 is 1.72 bits per heavy atom. The molecule has 0 amide bonds. The lowest BCUT2D eigenvalue weighted by molar-refractivity contribution is 0.396. The number of H-pyrrole nitrogens is 1. The molecule has 0 aliphatic heterocycles. The van der Waals surface area contributed by atoms with Gasteiger partial charge in [0.1, 0.15) is 11.6 Å². The third kappa shape index (κ3) is 2.63. The van der Waals surface area contributed by atoms with E-state index in [1.807, 2.05) is 36.4 Å². The van der Waals surface area contributed by atoms with Crippen LogP contribution in [0.2, 0.25) is 0 Å². The van der Waals surface area contributed by atoms with Crippen LogP contribution in [-0.4, -0.2) is 37.1 Å². The molecule has 0 spiro atoms. The van der Waals surface area contributed by atoms with Gasteiger partial charge in [-0.1, -0.05) is 24.3 Å². The summed E-state index contributed by atoms with van der Waals surface area (Å²) in [6.07, 6.45) is 5.68. The van der Waals surface area contributed by atoms with E-state index in [9.17, 15) is 10.2 Å². The first-order valence-electron chi connectivity index (χ1n) is 8.01. The van der Waals surface area contributed by atoms with Gasteiger partial charge in [-0.05, 0) is 30.5 Å². The summed E-state index contributed by atoms with van der Waals surface area (Å²) in [7, 11) is 1.63. The Kier molecular flexibility index (Phi) is 3.68. The highest BCUT2D eigenvalue weighted by Crippen LogP contribution is 2.38. The standard InChI is InChI=1S/C18H18N4O3/c1-25-12-8-6-11(7-9-12)10-15-19-18(21-20-15)22-16(23)13-4-2-3-5-14(13)17(22)24/h2-3,6-9,23-24H,4-5,10H2,1H3,(H,19,20,21). The minimum atomic E-state index is -0.00755. The third-order valence-corrected chi connectivity index (χ3v) is 4.39. The van der Waals surface area contributed by atoms with Gasteiger partial charge in [0.2, 0.25) is 11.8 Å². The molecule has 2 aromatic heterocycles. The number of fused-ring (bicyclic) bond motifs is 1. The maximum atomic E-state index is 10.4. The Morgan fingerprint density at radius 3 is 2.32 bits per heavy atom. The maximum Gasteiger partial charge on any atom is 0.258 e. The van der Waals surface area contributed by atoms with E-state index >= 15 is 0 Å². The third-order valence-electron chi connectivity index (χ3n) is 4.39. The van der Waals surface area contributed by atoms with E-state index in [0.717, 1.165) is 22.4 Å². The molecule has 0 unspecified atom stereocenters. The molecule has 7 nitrogen and oxygen atoms in total. The van der Waals surface area contributed by atoms with E-state index < -0.39 is 0 Å². The van der Waals surface area contributed by atoms with E-state index in [2.05, 4.69) is 15.2 Å². The highest BCUT2D eigenvalue weighted by Gasteiger charge is 2.25. The number of aromatic nitrogens is 4. The minimum absolute atomic E-state index is 0.00755. The van der Waals surface area contributed by atoms with Gasteiger partial charge < -0.3 is 14.9 Å². The van der Waals surface area contributed by atoms with Crippen molar-refractivity contribution in [2.45, 2.75) is 19.3 Å². The summed E-state index contributed by atoms with van der Waals surface area (Å²) in [6.45, 7) is 0. The van der Waals surface area contributed by atoms with Crippen molar-refractivity contribution >= 4 is 0 Å². The number of rotatable bonds is 4. The van der Waals surface area contributed by atoms with Crippen molar-refractivity contribution in [2.75, 3.05) is 7.11 Å². The number of ether oxygens (including phenoxy) is 1. The number of nitrogens with zero attached hydrogens (tertiary/aromatic N) is 3. The molecule has 7 heteroatoms. The SMILES string of the molecule is COc1ccc(Cc2nc(-n3c(O)c4c(c3O)CC=CC4)n[nH]2)cc1. The first-order valence-corrected chi connectivity index (χ1v) is 8.01. The van der Waals surface area contributed by atoms with Crippen LogP contribution in [0.25, 0.3) is 5.95 Å². The van der Waals surface area contributed by atoms with Crippen molar-refractivity contribution in [3.05, 3.63) is 58.9 Å². The Hall–Kier alpha value is -3.22. The summed E-state index contributed by atoms with van der Waals surface area (Å²) >= 11 is 0. The molecule has 3 N–H and O–H groups in total. The number of allylic oxidation sites excluding steroid dienone is 2. The van der Waals surface area contributed by atoms with Crippen molar-refractivity contribution in [1.29, 1.82) is 0 Å². The van der Waals surface area contributed by atoms with Gasteiger partial charge in [-0.3, -0.25) is 5.10 Å². The molecule has 0 fully saturated rings. The lowest BCUT2D eigenvalue weighted by atomic mass is 10.0. The van der Waals surface area contributed by atoms with Crippen molar-refractivity contribution in [3.63, 3.8) is 0 Å². The first kappa shape index (κ1) is 15.3. The number of aromatic hydroxyl groups is 2. The highest BCUT2D eigenvalue weighted by atomic mass is 16.5. The van der Waals surface area contributed by atoms with E-state index in [4.69, 9.17) is 4.74 Å². The summed E-state index contributed by atoms with van der Waals surface area (Å²) in [4.78, 5) is 4.41. The zero-order chi connectivity index (χ0) is 17.4. The molecule has 1 aliphatic rings. The summed E-state index contributed by atoms with van der Waals surface area (Å²) in [6, 6.07) is 7.68. The average Bonchev–Trinajstić information content (AvgIpc) is 3.19. The topological polar surface area (TPSA) is 96.2 Å². The number of hydrogen-bond acceptors (Lipinski definition) is 5. The van der Waals surface area contributed by atoms with Gasteiger partial charge in [-0.2, -0.15) is 4.98 Å². The summed E-state index contributed by atoms with van der Waals surface area (Å²) in [5.41, 5.74) is 2.50. The summed E-state index contributed by atoms with van der Waals surface area (Å²) < 4.78 is 6.43. The molecule has 25 heavy (non-hydrogen) atoms. The first-order chi connectivity index (χ1) is 12.2. The smallest absolute Gasteiger partial charge is 0.258 e. The van der Waals surface area contributed by atoms with Crippen LogP contribution in [0, 0.1) is 0 Å². The molecule has 0 atom stereocenters. The van der Waals surface area contributed by atoms with Crippen LogP contribution in [0.3, 0.4) is 0 Å². The van der Waals surface area contributed by atoms with Gasteiger partial charge in [0, 0.05) is 17.5 Å². The summed E-state index contributed by atoms with van der Waals surface area (Å²) in [5, 5.41) is 27.9. The van der Waals surface area contributed by atoms with Crippen LogP contribution in [0.1, 0.15) is 22.5 Å². The number of hydrogen-bond donors (Lipinski definition) is 3. The monoisotopic (exact) mass is 338 g/mol. The molecule has 0 radical (unpaired) electrons. The Morgan fingerprint density at radius 1 is 1.08 bits per heavy atom. The van der Waals surface area contributed by atoms with Gasteiger partial charge in [-0.15, -0.1) is 5.10 Å². The number of nitrogens with one attached hydrogen (secondary N) is 1. The highest BCUT2D eigenvalue weighted by molar-refractivity contribution is 5.52. The zero-order valence-electron chi connectivity index (χ0n) is 13.7. The molecule has 128 valence electrons. The van der Waals surface area contributed by atoms with E-state index in [-0.39, 0.29) is 17.7 Å². The normalized spacial score (nSPS) is 13.0. The van der Waals surface area contributed by atoms with Gasteiger partial charge in [0.05, 0.1) is 7.11 Å². The number of aromatic amines is 1. The molecule has 1 aromatic carbocycles. The molecule has 4 rings (SSSR count). The van der Waals surface area contributed by atoms with E-state index in [1.54, 1.807) is 7.11 Å². The molecule has 3 aromatic rings. The lowest BCUT2D eigenvalue weighted by Gasteiger charge is -2.03. The molecule has 2 heterocycles. The maximum absolute atomic E-state index is 10.4. The van der Waals surface area contributed by atoms with Gasteiger partial charge in [0.25, 0.3) is 5.95 Å². The molecular weight excluding hydrogens is 320 g/mol. The van der Waals surface area contributed by atoms with Crippen molar-refractivity contribution in [2.24, 2.45) is 0 Å². The fourth-order valence-electron chi connectivity index (χ4n) is 3.06. The predicted molar refractivity (Wildman–Crippen MR) is 91.4 cm³/mol. The van der Waals surface area contributed by atoms with Crippen LogP contribution in [0.4, 0.5) is 0 Å². The largest absolute Gasteiger partial charge is 0.497 e.